The maximum atomic E-state index is 12.3. The zero-order valence-electron chi connectivity index (χ0n) is 14.6. The number of amides is 1. The first kappa shape index (κ1) is 17.7. The molecule has 1 spiro atoms. The number of aliphatic hydroxyl groups excluding tert-OH is 1. The molecular weight excluding hydrogens is 326 g/mol. The molecule has 3 rings (SSSR count). The van der Waals surface area contributed by atoms with Gasteiger partial charge in [0.1, 0.15) is 10.0 Å². The monoisotopic (exact) mass is 353 g/mol. The first-order valence-electron chi connectivity index (χ1n) is 8.64. The molecule has 0 bridgehead atoms. The van der Waals surface area contributed by atoms with Crippen LogP contribution in [0.25, 0.3) is 0 Å². The molecule has 7 nitrogen and oxygen atoms in total. The van der Waals surface area contributed by atoms with E-state index in [1.165, 1.54) is 0 Å². The average molecular weight is 353 g/mol. The number of aryl methyl sites for hydroxylation is 1. The van der Waals surface area contributed by atoms with Crippen LogP contribution in [0.15, 0.2) is 0 Å². The van der Waals surface area contributed by atoms with Crippen LogP contribution in [0.2, 0.25) is 0 Å². The highest BCUT2D eigenvalue weighted by Crippen LogP contribution is 2.32. The average Bonchev–Trinajstić information content (AvgIpc) is 2.90. The minimum absolute atomic E-state index is 0.0388. The maximum Gasteiger partial charge on any atom is 0.222 e. The third kappa shape index (κ3) is 3.77. The summed E-state index contributed by atoms with van der Waals surface area (Å²) in [7, 11) is 2.18. The largest absolute Gasteiger partial charge is 0.395 e. The molecule has 0 aromatic carbocycles. The summed E-state index contributed by atoms with van der Waals surface area (Å²) in [4.78, 5) is 19.0. The number of aromatic nitrogens is 2. The summed E-state index contributed by atoms with van der Waals surface area (Å²) in [6, 6.07) is 0. The molecule has 8 heteroatoms. The van der Waals surface area contributed by atoms with E-state index >= 15 is 0 Å². The fourth-order valence-electron chi connectivity index (χ4n) is 3.86. The maximum absolute atomic E-state index is 12.3. The molecule has 3 heterocycles. The minimum atomic E-state index is 0.0388. The number of hydrogen-bond donors (Lipinski definition) is 1. The first-order chi connectivity index (χ1) is 11.5. The molecular formula is C16H27N5O2S. The Morgan fingerprint density at radius 1 is 1.25 bits per heavy atom. The summed E-state index contributed by atoms with van der Waals surface area (Å²) in [5.74, 6) is 0.172. The lowest BCUT2D eigenvalue weighted by Gasteiger charge is -2.49. The lowest BCUT2D eigenvalue weighted by atomic mass is 9.86. The van der Waals surface area contributed by atoms with Gasteiger partial charge in [0.25, 0.3) is 0 Å². The molecule has 0 radical (unpaired) electrons. The van der Waals surface area contributed by atoms with Crippen molar-refractivity contribution in [1.29, 1.82) is 0 Å². The lowest BCUT2D eigenvalue weighted by molar-refractivity contribution is -0.131. The number of aliphatic hydroxyl groups is 1. The van der Waals surface area contributed by atoms with E-state index in [0.29, 0.717) is 13.0 Å². The van der Waals surface area contributed by atoms with Crippen LogP contribution in [-0.4, -0.2) is 87.8 Å². The van der Waals surface area contributed by atoms with Gasteiger partial charge in [-0.2, -0.15) is 0 Å². The van der Waals surface area contributed by atoms with E-state index in [0.717, 1.165) is 55.6 Å². The molecule has 2 saturated heterocycles. The molecule has 0 aliphatic carbocycles. The standard InChI is InChI=1S/C16H27N5O2S/c1-13-17-18-14(24-13)11-20-8-7-19(2)16(12-20)4-3-15(23)21(6-5-16)9-10-22/h22H,3-12H2,1-2H3. The quantitative estimate of drug-likeness (QED) is 0.841. The molecule has 2 aliphatic rings. The van der Waals surface area contributed by atoms with Crippen LogP contribution >= 0.6 is 11.3 Å². The summed E-state index contributed by atoms with van der Waals surface area (Å²) < 4.78 is 0. The Balaban J connectivity index is 1.69. The summed E-state index contributed by atoms with van der Waals surface area (Å²) >= 11 is 1.66. The molecule has 2 aliphatic heterocycles. The SMILES string of the molecule is Cc1nnc(CN2CCN(C)C3(CCC(=O)N(CCO)CC3)C2)s1. The fraction of sp³-hybridized carbons (Fsp3) is 0.812. The van der Waals surface area contributed by atoms with E-state index in [-0.39, 0.29) is 18.1 Å². The second kappa shape index (κ2) is 7.43. The van der Waals surface area contributed by atoms with E-state index in [2.05, 4.69) is 27.0 Å². The van der Waals surface area contributed by atoms with Gasteiger partial charge < -0.3 is 10.0 Å². The number of likely N-dealkylation sites (N-methyl/N-ethyl adjacent to an activating group) is 1. The van der Waals surface area contributed by atoms with Gasteiger partial charge >= 0.3 is 0 Å². The van der Waals surface area contributed by atoms with Gasteiger partial charge in [-0.05, 0) is 26.8 Å². The van der Waals surface area contributed by atoms with Crippen LogP contribution in [-0.2, 0) is 11.3 Å². The summed E-state index contributed by atoms with van der Waals surface area (Å²) in [5, 5.41) is 19.6. The number of rotatable bonds is 4. The van der Waals surface area contributed by atoms with Gasteiger partial charge in [-0.25, -0.2) is 0 Å². The first-order valence-corrected chi connectivity index (χ1v) is 9.45. The number of β-amino-alcohol motifs (C(OH)–C–C–N with tert-alkyl or cyclic N) is 1. The third-order valence-corrected chi connectivity index (χ3v) is 6.20. The van der Waals surface area contributed by atoms with Crippen molar-refractivity contribution < 1.29 is 9.90 Å². The Kier molecular flexibility index (Phi) is 5.49. The number of likely N-dealkylation sites (tertiary alicyclic amines) is 1. The summed E-state index contributed by atoms with van der Waals surface area (Å²) in [6.45, 7) is 7.03. The number of piperazine rings is 1. The zero-order valence-corrected chi connectivity index (χ0v) is 15.4. The van der Waals surface area contributed by atoms with Crippen molar-refractivity contribution in [2.24, 2.45) is 0 Å². The number of carbonyl (C=O) groups is 1. The van der Waals surface area contributed by atoms with Crippen molar-refractivity contribution in [3.05, 3.63) is 10.0 Å². The van der Waals surface area contributed by atoms with Gasteiger partial charge in [0, 0.05) is 44.7 Å². The van der Waals surface area contributed by atoms with Crippen molar-refractivity contribution in [2.75, 3.05) is 46.4 Å². The van der Waals surface area contributed by atoms with Gasteiger partial charge in [0.2, 0.25) is 5.91 Å². The lowest BCUT2D eigenvalue weighted by Crippen LogP contribution is -2.60. The van der Waals surface area contributed by atoms with Crippen molar-refractivity contribution in [3.8, 4) is 0 Å². The number of hydrogen-bond acceptors (Lipinski definition) is 7. The Labute approximate surface area is 147 Å². The molecule has 1 amide bonds. The second-order valence-electron chi connectivity index (χ2n) is 6.93. The zero-order chi connectivity index (χ0) is 17.2. The molecule has 1 aromatic heterocycles. The van der Waals surface area contributed by atoms with Gasteiger partial charge in [0.15, 0.2) is 0 Å². The fourth-order valence-corrected chi connectivity index (χ4v) is 4.61. The number of carbonyl (C=O) groups excluding carboxylic acids is 1. The smallest absolute Gasteiger partial charge is 0.222 e. The van der Waals surface area contributed by atoms with Gasteiger partial charge in [-0.15, -0.1) is 21.5 Å². The predicted octanol–water partition coefficient (Wildman–Crippen LogP) is 0.338. The Bertz CT molecular complexity index is 581. The van der Waals surface area contributed by atoms with Crippen molar-refractivity contribution in [1.82, 2.24) is 24.9 Å². The number of nitrogens with zero attached hydrogens (tertiary/aromatic N) is 5. The summed E-state index contributed by atoms with van der Waals surface area (Å²) in [6.07, 6.45) is 2.41. The summed E-state index contributed by atoms with van der Waals surface area (Å²) in [5.41, 5.74) is 0.0395. The van der Waals surface area contributed by atoms with Crippen LogP contribution in [0.3, 0.4) is 0 Å². The minimum Gasteiger partial charge on any atom is -0.395 e. The highest BCUT2D eigenvalue weighted by molar-refractivity contribution is 7.11. The van der Waals surface area contributed by atoms with Crippen LogP contribution in [0, 0.1) is 6.92 Å². The van der Waals surface area contributed by atoms with Gasteiger partial charge in [-0.1, -0.05) is 0 Å². The molecule has 1 aromatic rings. The van der Waals surface area contributed by atoms with E-state index in [1.807, 2.05) is 11.8 Å². The molecule has 134 valence electrons. The van der Waals surface area contributed by atoms with E-state index in [1.54, 1.807) is 11.3 Å². The third-order valence-electron chi connectivity index (χ3n) is 5.38. The second-order valence-corrected chi connectivity index (χ2v) is 8.19. The molecule has 0 saturated carbocycles. The van der Waals surface area contributed by atoms with Crippen molar-refractivity contribution >= 4 is 17.2 Å². The van der Waals surface area contributed by atoms with Crippen LogP contribution in [0.1, 0.15) is 29.3 Å². The van der Waals surface area contributed by atoms with Crippen molar-refractivity contribution in [3.63, 3.8) is 0 Å². The Hall–Kier alpha value is -1.09. The highest BCUT2D eigenvalue weighted by Gasteiger charge is 2.42. The molecule has 2 fully saturated rings. The molecule has 24 heavy (non-hydrogen) atoms. The Morgan fingerprint density at radius 3 is 2.79 bits per heavy atom. The molecule has 1 atom stereocenters. The normalized spacial score (nSPS) is 27.0. The molecule has 1 unspecified atom stereocenters. The Morgan fingerprint density at radius 2 is 2.08 bits per heavy atom. The van der Waals surface area contributed by atoms with Gasteiger partial charge in [0.05, 0.1) is 13.2 Å². The van der Waals surface area contributed by atoms with E-state index < -0.39 is 0 Å². The van der Waals surface area contributed by atoms with E-state index in [4.69, 9.17) is 5.11 Å². The highest BCUT2D eigenvalue weighted by atomic mass is 32.1. The van der Waals surface area contributed by atoms with Crippen LogP contribution in [0.5, 0.6) is 0 Å². The topological polar surface area (TPSA) is 72.8 Å². The molecule has 1 N–H and O–H groups in total. The van der Waals surface area contributed by atoms with Gasteiger partial charge in [-0.3, -0.25) is 14.6 Å². The van der Waals surface area contributed by atoms with Crippen LogP contribution in [0.4, 0.5) is 0 Å². The predicted molar refractivity (Wildman–Crippen MR) is 92.8 cm³/mol. The van der Waals surface area contributed by atoms with Crippen LogP contribution < -0.4 is 0 Å². The van der Waals surface area contributed by atoms with Crippen molar-refractivity contribution in [2.45, 2.75) is 38.3 Å². The van der Waals surface area contributed by atoms with E-state index in [9.17, 15) is 4.79 Å².